The molecule has 128 valence electrons. The first-order valence-electron chi connectivity index (χ1n) is 8.34. The fourth-order valence-electron chi connectivity index (χ4n) is 3.13. The average molecular weight is 347 g/mol. The molecule has 0 radical (unpaired) electrons. The van der Waals surface area contributed by atoms with E-state index < -0.39 is 0 Å². The minimum atomic E-state index is 0.0936. The van der Waals surface area contributed by atoms with Gasteiger partial charge in [-0.1, -0.05) is 23.7 Å². The van der Waals surface area contributed by atoms with E-state index in [1.807, 2.05) is 47.7 Å². The highest BCUT2D eigenvalue weighted by molar-refractivity contribution is 6.30. The summed E-state index contributed by atoms with van der Waals surface area (Å²) >= 11 is 5.94. The van der Waals surface area contributed by atoms with Gasteiger partial charge in [-0.05, 0) is 44.5 Å². The number of nitrogens with zero attached hydrogens (tertiary/aromatic N) is 3. The zero-order valence-corrected chi connectivity index (χ0v) is 14.9. The lowest BCUT2D eigenvalue weighted by molar-refractivity contribution is 0.0765. The fourth-order valence-corrected chi connectivity index (χ4v) is 3.26. The van der Waals surface area contributed by atoms with Gasteiger partial charge >= 0.3 is 0 Å². The van der Waals surface area contributed by atoms with E-state index in [2.05, 4.69) is 10.4 Å². The van der Waals surface area contributed by atoms with Gasteiger partial charge in [-0.3, -0.25) is 9.48 Å². The van der Waals surface area contributed by atoms with Crippen LogP contribution in [0.4, 0.5) is 0 Å². The Morgan fingerprint density at radius 2 is 1.96 bits per heavy atom. The number of hydrogen-bond donors (Lipinski definition) is 1. The van der Waals surface area contributed by atoms with Gasteiger partial charge in [0.25, 0.3) is 5.91 Å². The Morgan fingerprint density at radius 3 is 2.71 bits per heavy atom. The first kappa shape index (κ1) is 17.0. The van der Waals surface area contributed by atoms with Gasteiger partial charge < -0.3 is 10.2 Å². The number of nitrogens with one attached hydrogen (secondary N) is 1. The van der Waals surface area contributed by atoms with Crippen LogP contribution in [0.15, 0.2) is 24.3 Å². The topological polar surface area (TPSA) is 50.2 Å². The first-order chi connectivity index (χ1) is 11.6. The van der Waals surface area contributed by atoms with E-state index >= 15 is 0 Å². The zero-order chi connectivity index (χ0) is 17.1. The van der Waals surface area contributed by atoms with Crippen molar-refractivity contribution >= 4 is 17.5 Å². The van der Waals surface area contributed by atoms with Crippen molar-refractivity contribution in [2.24, 2.45) is 0 Å². The van der Waals surface area contributed by atoms with Crippen molar-refractivity contribution in [1.29, 1.82) is 0 Å². The third kappa shape index (κ3) is 3.62. The normalized spacial score (nSPS) is 15.4. The van der Waals surface area contributed by atoms with Crippen LogP contribution in [0.25, 0.3) is 0 Å². The molecule has 1 amide bonds. The van der Waals surface area contributed by atoms with Crippen molar-refractivity contribution < 1.29 is 4.79 Å². The van der Waals surface area contributed by atoms with Gasteiger partial charge in [0.15, 0.2) is 0 Å². The van der Waals surface area contributed by atoms with Crippen molar-refractivity contribution in [3.63, 3.8) is 0 Å². The molecule has 6 heteroatoms. The second-order valence-corrected chi connectivity index (χ2v) is 6.66. The molecule has 5 nitrogen and oxygen atoms in total. The van der Waals surface area contributed by atoms with E-state index in [1.165, 1.54) is 0 Å². The first-order valence-corrected chi connectivity index (χ1v) is 8.72. The van der Waals surface area contributed by atoms with Crippen LogP contribution in [0, 0.1) is 13.8 Å². The third-order valence-corrected chi connectivity index (χ3v) is 4.72. The summed E-state index contributed by atoms with van der Waals surface area (Å²) in [5.74, 6) is 0.0936. The Hall–Kier alpha value is -1.85. The molecule has 3 rings (SSSR count). The highest BCUT2D eigenvalue weighted by Crippen LogP contribution is 2.18. The number of benzene rings is 1. The molecule has 0 spiro atoms. The molecule has 1 saturated heterocycles. The molecule has 1 fully saturated rings. The highest BCUT2D eigenvalue weighted by Gasteiger charge is 2.24. The quantitative estimate of drug-likeness (QED) is 0.929. The number of hydrogen-bond acceptors (Lipinski definition) is 3. The van der Waals surface area contributed by atoms with Gasteiger partial charge in [-0.2, -0.15) is 5.10 Å². The van der Waals surface area contributed by atoms with Gasteiger partial charge in [-0.15, -0.1) is 0 Å². The summed E-state index contributed by atoms with van der Waals surface area (Å²) in [7, 11) is 0. The summed E-state index contributed by atoms with van der Waals surface area (Å²) in [5, 5.41) is 8.64. The molecule has 0 bridgehead atoms. The molecular weight excluding hydrogens is 324 g/mol. The lowest BCUT2D eigenvalue weighted by Gasteiger charge is -2.20. The van der Waals surface area contributed by atoms with E-state index in [-0.39, 0.29) is 5.91 Å². The number of carbonyl (C=O) groups excluding carboxylic acids is 1. The molecule has 0 unspecified atom stereocenters. The predicted molar refractivity (Wildman–Crippen MR) is 95.6 cm³/mol. The van der Waals surface area contributed by atoms with Crippen molar-refractivity contribution in [2.75, 3.05) is 26.2 Å². The molecule has 1 aliphatic heterocycles. The summed E-state index contributed by atoms with van der Waals surface area (Å²) in [6, 6.07) is 7.72. The average Bonchev–Trinajstić information content (AvgIpc) is 2.76. The van der Waals surface area contributed by atoms with Crippen molar-refractivity contribution in [3.8, 4) is 0 Å². The number of aryl methyl sites for hydroxylation is 1. The zero-order valence-electron chi connectivity index (χ0n) is 14.2. The highest BCUT2D eigenvalue weighted by atomic mass is 35.5. The van der Waals surface area contributed by atoms with Crippen LogP contribution in [0.3, 0.4) is 0 Å². The Kier molecular flexibility index (Phi) is 5.21. The van der Waals surface area contributed by atoms with Crippen LogP contribution >= 0.6 is 11.6 Å². The molecule has 0 saturated carbocycles. The molecular formula is C18H23ClN4O. The van der Waals surface area contributed by atoms with E-state index in [4.69, 9.17) is 11.6 Å². The van der Waals surface area contributed by atoms with Gasteiger partial charge in [0.05, 0.1) is 17.8 Å². The van der Waals surface area contributed by atoms with E-state index in [9.17, 15) is 4.79 Å². The number of amides is 1. The minimum absolute atomic E-state index is 0.0936. The number of carbonyl (C=O) groups is 1. The number of aromatic nitrogens is 2. The van der Waals surface area contributed by atoms with Crippen LogP contribution in [0.2, 0.25) is 5.02 Å². The van der Waals surface area contributed by atoms with Gasteiger partial charge in [0.1, 0.15) is 0 Å². The molecule has 2 heterocycles. The number of rotatable bonds is 3. The molecule has 24 heavy (non-hydrogen) atoms. The van der Waals surface area contributed by atoms with Crippen molar-refractivity contribution in [3.05, 3.63) is 51.8 Å². The van der Waals surface area contributed by atoms with Crippen LogP contribution in [-0.4, -0.2) is 46.8 Å². The Labute approximate surface area is 147 Å². The molecule has 0 aliphatic carbocycles. The summed E-state index contributed by atoms with van der Waals surface area (Å²) < 4.78 is 1.90. The molecule has 1 aliphatic rings. The largest absolute Gasteiger partial charge is 0.337 e. The van der Waals surface area contributed by atoms with Crippen LogP contribution in [-0.2, 0) is 6.54 Å². The maximum Gasteiger partial charge on any atom is 0.257 e. The van der Waals surface area contributed by atoms with Crippen LogP contribution in [0.1, 0.15) is 33.7 Å². The second-order valence-electron chi connectivity index (χ2n) is 6.23. The smallest absolute Gasteiger partial charge is 0.257 e. The molecule has 2 aromatic rings. The molecule has 1 aromatic carbocycles. The molecule has 1 N–H and O–H groups in total. The summed E-state index contributed by atoms with van der Waals surface area (Å²) in [6.07, 6.45) is 0.989. The van der Waals surface area contributed by atoms with E-state index in [1.54, 1.807) is 0 Å². The maximum atomic E-state index is 12.9. The second kappa shape index (κ2) is 7.36. The SMILES string of the molecule is Cc1nn(Cc2ccc(Cl)cc2)c(C)c1C(=O)N1CCCNCC1. The predicted octanol–water partition coefficient (Wildman–Crippen LogP) is 2.64. The Balaban J connectivity index is 1.83. The lowest BCUT2D eigenvalue weighted by atomic mass is 10.1. The summed E-state index contributed by atoms with van der Waals surface area (Å²) in [4.78, 5) is 14.9. The molecule has 1 aromatic heterocycles. The summed E-state index contributed by atoms with van der Waals surface area (Å²) in [5.41, 5.74) is 3.57. The summed E-state index contributed by atoms with van der Waals surface area (Å²) in [6.45, 7) is 7.89. The fraction of sp³-hybridized carbons (Fsp3) is 0.444. The number of halogens is 1. The molecule has 0 atom stereocenters. The minimum Gasteiger partial charge on any atom is -0.337 e. The van der Waals surface area contributed by atoms with Crippen molar-refractivity contribution in [1.82, 2.24) is 20.0 Å². The Morgan fingerprint density at radius 1 is 1.21 bits per heavy atom. The standard InChI is InChI=1S/C18H23ClN4O/c1-13-17(18(24)22-10-3-8-20-9-11-22)14(2)23(21-13)12-15-4-6-16(19)7-5-15/h4-7,20H,3,8-12H2,1-2H3. The monoisotopic (exact) mass is 346 g/mol. The maximum absolute atomic E-state index is 12.9. The van der Waals surface area contributed by atoms with Crippen LogP contribution in [0.5, 0.6) is 0 Å². The third-order valence-electron chi connectivity index (χ3n) is 4.47. The van der Waals surface area contributed by atoms with E-state index in [0.29, 0.717) is 6.54 Å². The Bertz CT molecular complexity index is 715. The van der Waals surface area contributed by atoms with Gasteiger partial charge in [0, 0.05) is 30.4 Å². The van der Waals surface area contributed by atoms with E-state index in [0.717, 1.165) is 60.1 Å². The van der Waals surface area contributed by atoms with Gasteiger partial charge in [0.2, 0.25) is 0 Å². The van der Waals surface area contributed by atoms with Crippen LogP contribution < -0.4 is 5.32 Å². The van der Waals surface area contributed by atoms with Crippen molar-refractivity contribution in [2.45, 2.75) is 26.8 Å². The lowest BCUT2D eigenvalue weighted by Crippen LogP contribution is -2.34. The van der Waals surface area contributed by atoms with Gasteiger partial charge in [-0.25, -0.2) is 0 Å².